The summed E-state index contributed by atoms with van der Waals surface area (Å²) in [5, 5.41) is 3.40. The number of carbonyl (C=O) groups excluding carboxylic acids is 3. The number of thiophene rings is 1. The molecule has 0 saturated heterocycles. The van der Waals surface area contributed by atoms with Crippen molar-refractivity contribution in [3.63, 3.8) is 0 Å². The van der Waals surface area contributed by atoms with Gasteiger partial charge in [-0.1, -0.05) is 17.7 Å². The minimum absolute atomic E-state index is 0.00221. The van der Waals surface area contributed by atoms with E-state index < -0.39 is 5.97 Å². The van der Waals surface area contributed by atoms with Crippen LogP contribution < -0.4 is 5.32 Å². The zero-order valence-corrected chi connectivity index (χ0v) is 18.4. The van der Waals surface area contributed by atoms with E-state index in [9.17, 15) is 14.4 Å². The van der Waals surface area contributed by atoms with Crippen molar-refractivity contribution in [1.82, 2.24) is 4.90 Å². The Hall–Kier alpha value is -2.32. The molecule has 0 spiro atoms. The van der Waals surface area contributed by atoms with Gasteiger partial charge in [0.15, 0.2) is 0 Å². The van der Waals surface area contributed by atoms with E-state index in [2.05, 4.69) is 5.32 Å². The molecule has 0 radical (unpaired) electrons. The first kappa shape index (κ1) is 21.4. The van der Waals surface area contributed by atoms with E-state index in [1.54, 1.807) is 16.7 Å². The van der Waals surface area contributed by atoms with E-state index in [4.69, 9.17) is 4.74 Å². The van der Waals surface area contributed by atoms with Gasteiger partial charge in [0.05, 0.1) is 19.2 Å². The molecule has 6 nitrogen and oxygen atoms in total. The van der Waals surface area contributed by atoms with Crippen molar-refractivity contribution in [2.75, 3.05) is 24.7 Å². The lowest BCUT2D eigenvalue weighted by molar-refractivity contribution is -0.129. The van der Waals surface area contributed by atoms with E-state index in [-0.39, 0.29) is 11.8 Å². The van der Waals surface area contributed by atoms with Crippen LogP contribution in [0.3, 0.4) is 0 Å². The van der Waals surface area contributed by atoms with Crippen LogP contribution in [0.1, 0.15) is 39.7 Å². The molecule has 0 saturated carbocycles. The van der Waals surface area contributed by atoms with E-state index in [1.165, 1.54) is 30.9 Å². The summed E-state index contributed by atoms with van der Waals surface area (Å²) in [6.07, 6.45) is 0.913. The molecule has 0 atom stereocenters. The Morgan fingerprint density at radius 3 is 2.62 bits per heavy atom. The quantitative estimate of drug-likeness (QED) is 0.554. The summed E-state index contributed by atoms with van der Waals surface area (Å²) in [5.74, 6) is 0.0494. The number of nitrogens with zero attached hydrogens (tertiary/aromatic N) is 1. The number of fused-ring (bicyclic) bond motifs is 1. The van der Waals surface area contributed by atoms with Gasteiger partial charge in [0.25, 0.3) is 0 Å². The number of thioether (sulfide) groups is 1. The molecule has 1 N–H and O–H groups in total. The number of hydrogen-bond acceptors (Lipinski definition) is 6. The van der Waals surface area contributed by atoms with Gasteiger partial charge >= 0.3 is 5.97 Å². The standard InChI is InChI=1S/C21H24N2O4S2/c1-13-4-6-15(7-5-13)28-11-9-18(25)22-20-19(21(26)27-3)16-8-10-23(14(2)24)12-17(16)29-20/h4-7H,8-12H2,1-3H3,(H,22,25). The summed E-state index contributed by atoms with van der Waals surface area (Å²) in [7, 11) is 1.33. The third-order valence-corrected chi connectivity index (χ3v) is 6.91. The van der Waals surface area contributed by atoms with Crippen LogP contribution in [-0.4, -0.2) is 42.1 Å². The Labute approximate surface area is 178 Å². The Morgan fingerprint density at radius 2 is 1.97 bits per heavy atom. The first-order valence-electron chi connectivity index (χ1n) is 9.36. The third kappa shape index (κ3) is 5.19. The fourth-order valence-corrected chi connectivity index (χ4v) is 5.28. The van der Waals surface area contributed by atoms with Crippen molar-refractivity contribution in [1.29, 1.82) is 0 Å². The minimum atomic E-state index is -0.455. The lowest BCUT2D eigenvalue weighted by atomic mass is 10.0. The number of benzene rings is 1. The molecule has 2 heterocycles. The first-order chi connectivity index (χ1) is 13.9. The number of esters is 1. The van der Waals surface area contributed by atoms with Crippen LogP contribution in [-0.2, 0) is 27.3 Å². The molecule has 1 aromatic heterocycles. The molecule has 29 heavy (non-hydrogen) atoms. The van der Waals surface area contributed by atoms with Gasteiger partial charge in [0, 0.05) is 35.4 Å². The van der Waals surface area contributed by atoms with Crippen molar-refractivity contribution < 1.29 is 19.1 Å². The zero-order valence-electron chi connectivity index (χ0n) is 16.7. The average molecular weight is 433 g/mol. The van der Waals surface area contributed by atoms with Crippen molar-refractivity contribution in [3.8, 4) is 0 Å². The van der Waals surface area contributed by atoms with Gasteiger partial charge in [-0.25, -0.2) is 4.79 Å². The smallest absolute Gasteiger partial charge is 0.341 e. The number of ether oxygens (including phenoxy) is 1. The van der Waals surface area contributed by atoms with Crippen LogP contribution in [0.2, 0.25) is 0 Å². The molecule has 1 aromatic carbocycles. The van der Waals surface area contributed by atoms with Crippen LogP contribution in [0.5, 0.6) is 0 Å². The van der Waals surface area contributed by atoms with Crippen molar-refractivity contribution in [2.45, 2.75) is 38.1 Å². The molecule has 2 aromatic rings. The van der Waals surface area contributed by atoms with Crippen molar-refractivity contribution >= 4 is 45.9 Å². The molecule has 154 valence electrons. The van der Waals surface area contributed by atoms with Gasteiger partial charge in [0.2, 0.25) is 11.8 Å². The highest BCUT2D eigenvalue weighted by atomic mass is 32.2. The third-order valence-electron chi connectivity index (χ3n) is 4.76. The second kappa shape index (κ2) is 9.45. The number of methoxy groups -OCH3 is 1. The monoisotopic (exact) mass is 432 g/mol. The molecular weight excluding hydrogens is 408 g/mol. The number of aryl methyl sites for hydroxylation is 1. The van der Waals surface area contributed by atoms with Crippen molar-refractivity contribution in [2.24, 2.45) is 0 Å². The number of hydrogen-bond donors (Lipinski definition) is 1. The number of anilines is 1. The summed E-state index contributed by atoms with van der Waals surface area (Å²) in [5.41, 5.74) is 2.51. The molecule has 0 unspecified atom stereocenters. The average Bonchev–Trinajstić information content (AvgIpc) is 3.05. The zero-order chi connectivity index (χ0) is 21.0. The Bertz CT molecular complexity index is 922. The topological polar surface area (TPSA) is 75.7 Å². The van der Waals surface area contributed by atoms with Crippen LogP contribution in [0.25, 0.3) is 0 Å². The minimum Gasteiger partial charge on any atom is -0.465 e. The predicted octanol–water partition coefficient (Wildman–Crippen LogP) is 3.87. The lowest BCUT2D eigenvalue weighted by Crippen LogP contribution is -2.33. The molecule has 1 aliphatic rings. The SMILES string of the molecule is COC(=O)c1c(NC(=O)CCSc2ccc(C)cc2)sc2c1CCN(C(C)=O)C2. The van der Waals surface area contributed by atoms with E-state index >= 15 is 0 Å². The van der Waals surface area contributed by atoms with Crippen LogP contribution in [0, 0.1) is 6.92 Å². The van der Waals surface area contributed by atoms with Crippen molar-refractivity contribution in [3.05, 3.63) is 45.8 Å². The van der Waals surface area contributed by atoms with Crippen LogP contribution >= 0.6 is 23.1 Å². The van der Waals surface area contributed by atoms with Crippen LogP contribution in [0.4, 0.5) is 5.00 Å². The van der Waals surface area contributed by atoms with E-state index in [1.807, 2.05) is 31.2 Å². The highest BCUT2D eigenvalue weighted by molar-refractivity contribution is 7.99. The molecule has 8 heteroatoms. The largest absolute Gasteiger partial charge is 0.465 e. The number of nitrogens with one attached hydrogen (secondary N) is 1. The van der Waals surface area contributed by atoms with Gasteiger partial charge in [-0.05, 0) is 31.0 Å². The summed E-state index contributed by atoms with van der Waals surface area (Å²) in [6.45, 7) is 4.59. The normalized spacial score (nSPS) is 13.0. The molecule has 2 amide bonds. The fraction of sp³-hybridized carbons (Fsp3) is 0.381. The summed E-state index contributed by atoms with van der Waals surface area (Å²) in [4.78, 5) is 40.3. The van der Waals surface area contributed by atoms with E-state index in [0.717, 1.165) is 15.3 Å². The summed E-state index contributed by atoms with van der Waals surface area (Å²) < 4.78 is 4.94. The molecule has 3 rings (SSSR count). The maximum Gasteiger partial charge on any atom is 0.341 e. The van der Waals surface area contributed by atoms with E-state index in [0.29, 0.717) is 42.2 Å². The van der Waals surface area contributed by atoms with Gasteiger partial charge in [-0.2, -0.15) is 0 Å². The highest BCUT2D eigenvalue weighted by Crippen LogP contribution is 2.37. The number of carbonyl (C=O) groups is 3. The second-order valence-electron chi connectivity index (χ2n) is 6.85. The maximum atomic E-state index is 12.5. The first-order valence-corrected chi connectivity index (χ1v) is 11.2. The van der Waals surface area contributed by atoms with Gasteiger partial charge < -0.3 is 15.0 Å². The molecule has 0 bridgehead atoms. The molecule has 1 aliphatic heterocycles. The molecular formula is C21H24N2O4S2. The van der Waals surface area contributed by atoms with Crippen LogP contribution in [0.15, 0.2) is 29.2 Å². The van der Waals surface area contributed by atoms with Gasteiger partial charge in [-0.3, -0.25) is 9.59 Å². The lowest BCUT2D eigenvalue weighted by Gasteiger charge is -2.25. The molecule has 0 aliphatic carbocycles. The molecule has 0 fully saturated rings. The number of amides is 2. The Balaban J connectivity index is 1.67. The fourth-order valence-electron chi connectivity index (χ4n) is 3.16. The number of rotatable bonds is 6. The highest BCUT2D eigenvalue weighted by Gasteiger charge is 2.29. The summed E-state index contributed by atoms with van der Waals surface area (Å²) in [6, 6.07) is 8.18. The predicted molar refractivity (Wildman–Crippen MR) is 116 cm³/mol. The Kier molecular flexibility index (Phi) is 6.97. The van der Waals surface area contributed by atoms with Gasteiger partial charge in [-0.15, -0.1) is 23.1 Å². The second-order valence-corrected chi connectivity index (χ2v) is 9.12. The summed E-state index contributed by atoms with van der Waals surface area (Å²) >= 11 is 2.97. The van der Waals surface area contributed by atoms with Gasteiger partial charge in [0.1, 0.15) is 5.00 Å². The Morgan fingerprint density at radius 1 is 1.24 bits per heavy atom. The maximum absolute atomic E-state index is 12.5.